The minimum Gasteiger partial charge on any atom is -0.398 e. The van der Waals surface area contributed by atoms with Crippen LogP contribution in [-0.4, -0.2) is 13.1 Å². The summed E-state index contributed by atoms with van der Waals surface area (Å²) in [6.07, 6.45) is 4.70. The Balaban J connectivity index is 1.94. The summed E-state index contributed by atoms with van der Waals surface area (Å²) in [6, 6.07) is 4.33. The first-order valence-electron chi connectivity index (χ1n) is 6.46. The van der Waals surface area contributed by atoms with Crippen molar-refractivity contribution in [3.63, 3.8) is 0 Å². The summed E-state index contributed by atoms with van der Waals surface area (Å²) in [5, 5.41) is 3.42. The van der Waals surface area contributed by atoms with Crippen molar-refractivity contribution in [1.82, 2.24) is 5.32 Å². The van der Waals surface area contributed by atoms with Gasteiger partial charge in [0.05, 0.1) is 0 Å². The van der Waals surface area contributed by atoms with E-state index in [1.54, 1.807) is 0 Å². The molecule has 0 atom stereocenters. The molecule has 1 saturated carbocycles. The van der Waals surface area contributed by atoms with Crippen LogP contribution >= 0.6 is 0 Å². The third-order valence-electron chi connectivity index (χ3n) is 3.50. The average molecular weight is 226 g/mol. The van der Waals surface area contributed by atoms with Crippen LogP contribution < -0.4 is 11.1 Å². The average Bonchev–Trinajstić information content (AvgIpc) is 3.12. The first kappa shape index (κ1) is 10.7. The van der Waals surface area contributed by atoms with E-state index in [2.05, 4.69) is 29.3 Å². The molecule has 1 aromatic rings. The second-order valence-corrected chi connectivity index (χ2v) is 5.00. The molecule has 0 bridgehead atoms. The van der Waals surface area contributed by atoms with Crippen LogP contribution in [0.2, 0.25) is 0 Å². The fourth-order valence-electron chi connectivity index (χ4n) is 2.26. The fourth-order valence-corrected chi connectivity index (χ4v) is 2.26. The van der Waals surface area contributed by atoms with Crippen molar-refractivity contribution in [2.45, 2.75) is 25.7 Å². The summed E-state index contributed by atoms with van der Waals surface area (Å²) in [4.78, 5) is 0. The summed E-state index contributed by atoms with van der Waals surface area (Å²) in [7, 11) is 0. The highest BCUT2D eigenvalue weighted by atomic mass is 14.8. The number of nitrogens with two attached hydrogens (primary N) is 1. The molecule has 0 saturated heterocycles. The van der Waals surface area contributed by atoms with Gasteiger partial charge in [-0.3, -0.25) is 0 Å². The highest BCUT2D eigenvalue weighted by Crippen LogP contribution is 2.28. The van der Waals surface area contributed by atoms with Gasteiger partial charge in [-0.05, 0) is 62.0 Å². The van der Waals surface area contributed by atoms with Crippen molar-refractivity contribution < 1.29 is 0 Å². The summed E-state index contributed by atoms with van der Waals surface area (Å²) < 4.78 is 0. The topological polar surface area (TPSA) is 38.0 Å². The van der Waals surface area contributed by atoms with E-state index in [0.29, 0.717) is 5.92 Å². The summed E-state index contributed by atoms with van der Waals surface area (Å²) in [6.45, 7) is 2.12. The fraction of sp³-hybridized carbons (Fsp3) is 0.467. The van der Waals surface area contributed by atoms with Crippen LogP contribution in [-0.2, 0) is 12.8 Å². The lowest BCUT2D eigenvalue weighted by atomic mass is 9.98. The monoisotopic (exact) mass is 226 g/mol. The van der Waals surface area contributed by atoms with Crippen LogP contribution in [0.25, 0.3) is 0 Å². The van der Waals surface area contributed by atoms with Gasteiger partial charge in [-0.15, -0.1) is 0 Å². The molecule has 88 valence electrons. The van der Waals surface area contributed by atoms with Gasteiger partial charge in [-0.2, -0.15) is 0 Å². The first-order chi connectivity index (χ1) is 8.33. The van der Waals surface area contributed by atoms with Gasteiger partial charge in [-0.25, -0.2) is 0 Å². The van der Waals surface area contributed by atoms with E-state index < -0.39 is 0 Å². The van der Waals surface area contributed by atoms with Gasteiger partial charge in [0.25, 0.3) is 0 Å². The molecule has 0 amide bonds. The Hall–Kier alpha value is -1.46. The van der Waals surface area contributed by atoms with Crippen LogP contribution in [0.15, 0.2) is 12.1 Å². The molecule has 17 heavy (non-hydrogen) atoms. The molecule has 1 heterocycles. The van der Waals surface area contributed by atoms with Gasteiger partial charge in [0.1, 0.15) is 0 Å². The molecule has 1 fully saturated rings. The Morgan fingerprint density at radius 2 is 1.82 bits per heavy atom. The Morgan fingerprint density at radius 1 is 1.12 bits per heavy atom. The molecule has 0 spiro atoms. The van der Waals surface area contributed by atoms with Crippen LogP contribution in [0.5, 0.6) is 0 Å². The van der Waals surface area contributed by atoms with Crippen molar-refractivity contribution in [3.8, 4) is 11.8 Å². The summed E-state index contributed by atoms with van der Waals surface area (Å²) >= 11 is 0. The number of nitrogens with one attached hydrogen (secondary N) is 1. The summed E-state index contributed by atoms with van der Waals surface area (Å²) in [5.74, 6) is 7.17. The first-order valence-corrected chi connectivity index (χ1v) is 6.46. The van der Waals surface area contributed by atoms with Crippen molar-refractivity contribution in [2.75, 3.05) is 18.8 Å². The molecule has 1 aliphatic heterocycles. The molecule has 0 radical (unpaired) electrons. The molecule has 0 unspecified atom stereocenters. The molecule has 0 aromatic heterocycles. The van der Waals surface area contributed by atoms with Crippen molar-refractivity contribution >= 4 is 5.69 Å². The SMILES string of the molecule is Nc1cc2c(cc1C#CC1CC1)CCNCC2. The van der Waals surface area contributed by atoms with E-state index in [4.69, 9.17) is 5.73 Å². The number of fused-ring (bicyclic) bond motifs is 1. The van der Waals surface area contributed by atoms with E-state index in [9.17, 15) is 0 Å². The standard InChI is InChI=1S/C15H18N2/c16-15-10-13-6-8-17-7-5-12(13)9-14(15)4-3-11-1-2-11/h9-11,17H,1-2,5-8,16H2. The van der Waals surface area contributed by atoms with Gasteiger partial charge in [-0.1, -0.05) is 11.8 Å². The van der Waals surface area contributed by atoms with E-state index in [0.717, 1.165) is 37.2 Å². The normalized spacial score (nSPS) is 18.8. The molecule has 2 aliphatic rings. The zero-order valence-electron chi connectivity index (χ0n) is 10.1. The van der Waals surface area contributed by atoms with Gasteiger partial charge in [0, 0.05) is 17.2 Å². The van der Waals surface area contributed by atoms with Crippen LogP contribution in [0.1, 0.15) is 29.5 Å². The van der Waals surface area contributed by atoms with Crippen LogP contribution in [0, 0.1) is 17.8 Å². The lowest BCUT2D eigenvalue weighted by Gasteiger charge is -2.08. The van der Waals surface area contributed by atoms with Crippen LogP contribution in [0.3, 0.4) is 0 Å². The molecule has 2 heteroatoms. The Morgan fingerprint density at radius 3 is 2.53 bits per heavy atom. The predicted octanol–water partition coefficient (Wildman–Crippen LogP) is 1.72. The number of hydrogen-bond donors (Lipinski definition) is 2. The molecule has 3 rings (SSSR count). The molecule has 1 aromatic carbocycles. The Labute approximate surface area is 103 Å². The smallest absolute Gasteiger partial charge is 0.0477 e. The van der Waals surface area contributed by atoms with Crippen molar-refractivity contribution in [1.29, 1.82) is 0 Å². The van der Waals surface area contributed by atoms with Crippen molar-refractivity contribution in [3.05, 3.63) is 28.8 Å². The van der Waals surface area contributed by atoms with E-state index in [1.165, 1.54) is 24.0 Å². The number of hydrogen-bond acceptors (Lipinski definition) is 2. The van der Waals surface area contributed by atoms with Gasteiger partial charge in [0.2, 0.25) is 0 Å². The second-order valence-electron chi connectivity index (χ2n) is 5.00. The predicted molar refractivity (Wildman–Crippen MR) is 70.7 cm³/mol. The number of benzene rings is 1. The molecule has 3 N–H and O–H groups in total. The maximum Gasteiger partial charge on any atom is 0.0477 e. The molecule has 2 nitrogen and oxygen atoms in total. The minimum absolute atomic E-state index is 0.634. The maximum absolute atomic E-state index is 6.08. The van der Waals surface area contributed by atoms with E-state index >= 15 is 0 Å². The lowest BCUT2D eigenvalue weighted by Crippen LogP contribution is -2.16. The molecule has 1 aliphatic carbocycles. The quantitative estimate of drug-likeness (QED) is 0.522. The van der Waals surface area contributed by atoms with Gasteiger partial charge < -0.3 is 11.1 Å². The Kier molecular flexibility index (Phi) is 2.78. The van der Waals surface area contributed by atoms with E-state index in [1.807, 2.05) is 0 Å². The number of anilines is 1. The van der Waals surface area contributed by atoms with Gasteiger partial charge in [0.15, 0.2) is 0 Å². The Bertz CT molecular complexity index is 490. The van der Waals surface area contributed by atoms with E-state index in [-0.39, 0.29) is 0 Å². The van der Waals surface area contributed by atoms with Crippen molar-refractivity contribution in [2.24, 2.45) is 5.92 Å². The molecular weight excluding hydrogens is 208 g/mol. The highest BCUT2D eigenvalue weighted by Gasteiger charge is 2.18. The maximum atomic E-state index is 6.08. The summed E-state index contributed by atoms with van der Waals surface area (Å²) in [5.41, 5.74) is 10.8. The van der Waals surface area contributed by atoms with Gasteiger partial charge >= 0.3 is 0 Å². The zero-order valence-corrected chi connectivity index (χ0v) is 10.1. The highest BCUT2D eigenvalue weighted by molar-refractivity contribution is 5.60. The lowest BCUT2D eigenvalue weighted by molar-refractivity contribution is 0.711. The zero-order chi connectivity index (χ0) is 11.7. The van der Waals surface area contributed by atoms with Crippen LogP contribution in [0.4, 0.5) is 5.69 Å². The largest absolute Gasteiger partial charge is 0.398 e. The molecular formula is C15H18N2. The number of rotatable bonds is 0. The third-order valence-corrected chi connectivity index (χ3v) is 3.50. The third kappa shape index (κ3) is 2.45. The second kappa shape index (κ2) is 4.43. The minimum atomic E-state index is 0.634. The number of nitrogen functional groups attached to an aromatic ring is 1.